The van der Waals surface area contributed by atoms with Crippen molar-refractivity contribution >= 4 is 6.03 Å². The van der Waals surface area contributed by atoms with Gasteiger partial charge in [-0.1, -0.05) is 26.7 Å². The predicted molar refractivity (Wildman–Crippen MR) is 84.3 cm³/mol. The van der Waals surface area contributed by atoms with Gasteiger partial charge in [-0.05, 0) is 38.1 Å². The van der Waals surface area contributed by atoms with E-state index in [4.69, 9.17) is 0 Å². The molecule has 0 bridgehead atoms. The molecule has 21 heavy (non-hydrogen) atoms. The third-order valence-corrected chi connectivity index (χ3v) is 4.71. The fourth-order valence-electron chi connectivity index (χ4n) is 3.56. The van der Waals surface area contributed by atoms with Crippen LogP contribution in [0.3, 0.4) is 0 Å². The van der Waals surface area contributed by atoms with E-state index in [-0.39, 0.29) is 6.03 Å². The average Bonchev–Trinajstić information content (AvgIpc) is 3.03. The van der Waals surface area contributed by atoms with Crippen LogP contribution in [0.1, 0.15) is 52.4 Å². The summed E-state index contributed by atoms with van der Waals surface area (Å²) < 4.78 is 0. The summed E-state index contributed by atoms with van der Waals surface area (Å²) in [6.07, 6.45) is 6.12. The van der Waals surface area contributed by atoms with Crippen molar-refractivity contribution in [3.05, 3.63) is 0 Å². The third kappa shape index (κ3) is 5.15. The second-order valence-electron chi connectivity index (χ2n) is 7.18. The van der Waals surface area contributed by atoms with Crippen LogP contribution in [0.25, 0.3) is 0 Å². The van der Waals surface area contributed by atoms with Crippen molar-refractivity contribution in [1.29, 1.82) is 0 Å². The zero-order valence-electron chi connectivity index (χ0n) is 13.5. The van der Waals surface area contributed by atoms with Crippen molar-refractivity contribution in [3.8, 4) is 0 Å². The summed E-state index contributed by atoms with van der Waals surface area (Å²) in [7, 11) is 0. The summed E-state index contributed by atoms with van der Waals surface area (Å²) in [6.45, 7) is 7.80. The first kappa shape index (κ1) is 16.6. The van der Waals surface area contributed by atoms with Crippen LogP contribution in [0.2, 0.25) is 0 Å². The van der Waals surface area contributed by atoms with Crippen LogP contribution in [0, 0.1) is 5.92 Å². The van der Waals surface area contributed by atoms with Crippen LogP contribution >= 0.6 is 0 Å². The maximum Gasteiger partial charge on any atom is 0.314 e. The Balaban J connectivity index is 1.66. The van der Waals surface area contributed by atoms with Crippen LogP contribution in [0.15, 0.2) is 0 Å². The standard InChI is InChI=1S/C16H31N3O2/c1-13(2)11-19-9-5-6-14(19)10-17-15(20)18-12-16(21)7-3-4-8-16/h13-14,21H,3-12H2,1-2H3,(H2,17,18,20)/t14-/m0/s1. The minimum Gasteiger partial charge on any atom is -0.388 e. The van der Waals surface area contributed by atoms with Gasteiger partial charge >= 0.3 is 6.03 Å². The Morgan fingerprint density at radius 3 is 2.67 bits per heavy atom. The molecule has 0 aromatic rings. The Labute approximate surface area is 128 Å². The predicted octanol–water partition coefficient (Wildman–Crippen LogP) is 1.71. The number of nitrogens with one attached hydrogen (secondary N) is 2. The Hall–Kier alpha value is -0.810. The molecule has 3 N–H and O–H groups in total. The molecule has 1 saturated carbocycles. The first-order valence-corrected chi connectivity index (χ1v) is 8.47. The normalized spacial score (nSPS) is 25.4. The Morgan fingerprint density at radius 1 is 1.29 bits per heavy atom. The zero-order chi connectivity index (χ0) is 15.3. The minimum atomic E-state index is -0.672. The number of hydrogen-bond donors (Lipinski definition) is 3. The molecule has 0 aromatic heterocycles. The number of rotatable bonds is 6. The lowest BCUT2D eigenvalue weighted by atomic mass is 10.0. The highest BCUT2D eigenvalue weighted by molar-refractivity contribution is 5.73. The fourth-order valence-corrected chi connectivity index (χ4v) is 3.56. The molecule has 2 amide bonds. The maximum absolute atomic E-state index is 11.9. The Kier molecular flexibility index (Phi) is 5.88. The molecular weight excluding hydrogens is 266 g/mol. The van der Waals surface area contributed by atoms with Crippen molar-refractivity contribution < 1.29 is 9.90 Å². The molecule has 1 aliphatic carbocycles. The van der Waals surface area contributed by atoms with Crippen molar-refractivity contribution in [2.75, 3.05) is 26.2 Å². The quantitative estimate of drug-likeness (QED) is 0.699. The van der Waals surface area contributed by atoms with Crippen molar-refractivity contribution in [2.45, 2.75) is 64.0 Å². The summed E-state index contributed by atoms with van der Waals surface area (Å²) >= 11 is 0. The molecular formula is C16H31N3O2. The summed E-state index contributed by atoms with van der Waals surface area (Å²) in [5.41, 5.74) is -0.672. The topological polar surface area (TPSA) is 64.6 Å². The largest absolute Gasteiger partial charge is 0.388 e. The zero-order valence-corrected chi connectivity index (χ0v) is 13.5. The molecule has 1 aliphatic heterocycles. The van der Waals surface area contributed by atoms with Crippen LogP contribution < -0.4 is 10.6 Å². The summed E-state index contributed by atoms with van der Waals surface area (Å²) in [5, 5.41) is 16.0. The average molecular weight is 297 g/mol. The van der Waals surface area contributed by atoms with Gasteiger partial charge in [-0.3, -0.25) is 4.90 Å². The van der Waals surface area contributed by atoms with Gasteiger partial charge in [-0.15, -0.1) is 0 Å². The number of nitrogens with zero attached hydrogens (tertiary/aromatic N) is 1. The van der Waals surface area contributed by atoms with E-state index >= 15 is 0 Å². The van der Waals surface area contributed by atoms with E-state index in [1.54, 1.807) is 0 Å². The molecule has 1 atom stereocenters. The summed E-state index contributed by atoms with van der Waals surface area (Å²) in [5.74, 6) is 0.663. The van der Waals surface area contributed by atoms with Gasteiger partial charge in [0.15, 0.2) is 0 Å². The highest BCUT2D eigenvalue weighted by Crippen LogP contribution is 2.28. The van der Waals surface area contributed by atoms with Gasteiger partial charge < -0.3 is 15.7 Å². The van der Waals surface area contributed by atoms with Crippen LogP contribution in [0.5, 0.6) is 0 Å². The van der Waals surface area contributed by atoms with E-state index in [1.165, 1.54) is 6.42 Å². The highest BCUT2D eigenvalue weighted by Gasteiger charge is 2.31. The second kappa shape index (κ2) is 7.45. The molecule has 0 radical (unpaired) electrons. The lowest BCUT2D eigenvalue weighted by Crippen LogP contribution is -2.48. The SMILES string of the molecule is CC(C)CN1CCC[C@H]1CNC(=O)NCC1(O)CCCC1. The van der Waals surface area contributed by atoms with Gasteiger partial charge in [0.25, 0.3) is 0 Å². The molecule has 5 heteroatoms. The van der Waals surface area contributed by atoms with Crippen molar-refractivity contribution in [2.24, 2.45) is 5.92 Å². The van der Waals surface area contributed by atoms with Gasteiger partial charge in [-0.2, -0.15) is 0 Å². The number of carbonyl (C=O) groups excluding carboxylic acids is 1. The lowest BCUT2D eigenvalue weighted by Gasteiger charge is -2.27. The van der Waals surface area contributed by atoms with E-state index in [0.717, 1.165) is 45.2 Å². The van der Waals surface area contributed by atoms with E-state index < -0.39 is 5.60 Å². The number of hydrogen-bond acceptors (Lipinski definition) is 3. The molecule has 1 saturated heterocycles. The Bertz CT molecular complexity index is 340. The molecule has 2 fully saturated rings. The summed E-state index contributed by atoms with van der Waals surface area (Å²) in [4.78, 5) is 14.4. The third-order valence-electron chi connectivity index (χ3n) is 4.71. The second-order valence-corrected chi connectivity index (χ2v) is 7.18. The monoisotopic (exact) mass is 297 g/mol. The first-order chi connectivity index (χ1) is 9.98. The summed E-state index contributed by atoms with van der Waals surface area (Å²) in [6, 6.07) is 0.319. The van der Waals surface area contributed by atoms with E-state index in [0.29, 0.717) is 25.0 Å². The number of urea groups is 1. The van der Waals surface area contributed by atoms with Gasteiger partial charge in [-0.25, -0.2) is 4.79 Å². The molecule has 1 heterocycles. The van der Waals surface area contributed by atoms with Gasteiger partial charge in [0.2, 0.25) is 0 Å². The van der Waals surface area contributed by atoms with E-state index in [1.807, 2.05) is 0 Å². The Morgan fingerprint density at radius 2 is 2.00 bits per heavy atom. The fraction of sp³-hybridized carbons (Fsp3) is 0.938. The van der Waals surface area contributed by atoms with Gasteiger partial charge in [0.05, 0.1) is 5.60 Å². The number of likely N-dealkylation sites (tertiary alicyclic amines) is 1. The molecule has 0 aromatic carbocycles. The van der Waals surface area contributed by atoms with Crippen molar-refractivity contribution in [1.82, 2.24) is 15.5 Å². The molecule has 5 nitrogen and oxygen atoms in total. The highest BCUT2D eigenvalue weighted by atomic mass is 16.3. The molecule has 122 valence electrons. The van der Waals surface area contributed by atoms with Gasteiger partial charge in [0, 0.05) is 25.7 Å². The van der Waals surface area contributed by atoms with E-state index in [9.17, 15) is 9.90 Å². The molecule has 2 rings (SSSR count). The first-order valence-electron chi connectivity index (χ1n) is 8.47. The van der Waals surface area contributed by atoms with Crippen LogP contribution in [0.4, 0.5) is 4.79 Å². The number of carbonyl (C=O) groups is 1. The molecule has 2 aliphatic rings. The molecule has 0 unspecified atom stereocenters. The smallest absolute Gasteiger partial charge is 0.314 e. The minimum absolute atomic E-state index is 0.147. The van der Waals surface area contributed by atoms with Crippen LogP contribution in [-0.4, -0.2) is 53.9 Å². The maximum atomic E-state index is 11.9. The number of amides is 2. The van der Waals surface area contributed by atoms with Gasteiger partial charge in [0.1, 0.15) is 0 Å². The van der Waals surface area contributed by atoms with Crippen molar-refractivity contribution in [3.63, 3.8) is 0 Å². The lowest BCUT2D eigenvalue weighted by molar-refractivity contribution is 0.0500. The van der Waals surface area contributed by atoms with Crippen LogP contribution in [-0.2, 0) is 0 Å². The number of aliphatic hydroxyl groups is 1. The molecule has 0 spiro atoms. The van der Waals surface area contributed by atoms with E-state index in [2.05, 4.69) is 29.4 Å².